The first-order valence-electron chi connectivity index (χ1n) is 6.13. The summed E-state index contributed by atoms with van der Waals surface area (Å²) in [6, 6.07) is 9.84. The molecule has 2 aromatic heterocycles. The molecule has 3 aromatic rings. The van der Waals surface area contributed by atoms with Crippen LogP contribution in [-0.4, -0.2) is 17.6 Å². The Labute approximate surface area is 130 Å². The smallest absolute Gasteiger partial charge is 0.283 e. The van der Waals surface area contributed by atoms with E-state index in [0.717, 1.165) is 14.3 Å². The molecule has 0 saturated carbocycles. The van der Waals surface area contributed by atoms with Crippen molar-refractivity contribution in [2.45, 2.75) is 11.8 Å². The van der Waals surface area contributed by atoms with Crippen LogP contribution in [0.2, 0.25) is 0 Å². The zero-order valence-corrected chi connectivity index (χ0v) is 13.5. The second kappa shape index (κ2) is 4.85. The fraction of sp³-hybridized carbons (Fsp3) is 0.0714. The maximum atomic E-state index is 12.7. The van der Waals surface area contributed by atoms with Gasteiger partial charge >= 0.3 is 0 Å². The third-order valence-electron chi connectivity index (χ3n) is 3.21. The molecule has 108 valence electrons. The van der Waals surface area contributed by atoms with Crippen molar-refractivity contribution in [3.63, 3.8) is 0 Å². The number of fused-ring (bicyclic) bond motifs is 1. The van der Waals surface area contributed by atoms with Crippen LogP contribution in [0.3, 0.4) is 0 Å². The van der Waals surface area contributed by atoms with Gasteiger partial charge in [0.05, 0.1) is 9.37 Å². The topological polar surface area (TPSA) is 63.2 Å². The van der Waals surface area contributed by atoms with E-state index in [1.54, 1.807) is 36.4 Å². The number of aryl methyl sites for hydroxylation is 1. The SMILES string of the molecule is Cc1ccc(S(=O)(=O)n2ccc3c2cc(Br)c[n+]3O)cc1. The van der Waals surface area contributed by atoms with E-state index in [9.17, 15) is 13.6 Å². The Morgan fingerprint density at radius 3 is 2.52 bits per heavy atom. The molecule has 21 heavy (non-hydrogen) atoms. The average Bonchev–Trinajstić information content (AvgIpc) is 2.83. The molecule has 0 spiro atoms. The average molecular weight is 368 g/mol. The molecule has 7 heteroatoms. The quantitative estimate of drug-likeness (QED) is 0.558. The third kappa shape index (κ3) is 2.32. The predicted molar refractivity (Wildman–Crippen MR) is 80.8 cm³/mol. The minimum atomic E-state index is -3.70. The molecular formula is C14H12BrN2O3S+. The van der Waals surface area contributed by atoms with Gasteiger partial charge in [-0.15, -0.1) is 0 Å². The van der Waals surface area contributed by atoms with Gasteiger partial charge in [0.25, 0.3) is 15.5 Å². The summed E-state index contributed by atoms with van der Waals surface area (Å²) < 4.78 is 28.0. The highest BCUT2D eigenvalue weighted by molar-refractivity contribution is 9.10. The van der Waals surface area contributed by atoms with Crippen molar-refractivity contribution in [2.24, 2.45) is 0 Å². The van der Waals surface area contributed by atoms with Gasteiger partial charge in [-0.25, -0.2) is 12.4 Å². The van der Waals surface area contributed by atoms with Crippen molar-refractivity contribution in [3.05, 3.63) is 58.8 Å². The van der Waals surface area contributed by atoms with E-state index in [1.165, 1.54) is 12.4 Å². The molecule has 0 saturated heterocycles. The van der Waals surface area contributed by atoms with Crippen molar-refractivity contribution in [2.75, 3.05) is 0 Å². The van der Waals surface area contributed by atoms with Crippen molar-refractivity contribution < 1.29 is 18.4 Å². The third-order valence-corrected chi connectivity index (χ3v) is 5.35. The zero-order chi connectivity index (χ0) is 15.2. The van der Waals surface area contributed by atoms with Crippen molar-refractivity contribution in [1.29, 1.82) is 0 Å². The first-order valence-corrected chi connectivity index (χ1v) is 8.37. The van der Waals surface area contributed by atoms with Crippen LogP contribution in [0, 0.1) is 6.92 Å². The van der Waals surface area contributed by atoms with Crippen molar-refractivity contribution in [3.8, 4) is 0 Å². The molecule has 3 rings (SSSR count). The Bertz CT molecular complexity index is 931. The number of hydrogen-bond donors (Lipinski definition) is 1. The van der Waals surface area contributed by atoms with Gasteiger partial charge in [0.15, 0.2) is 0 Å². The number of benzene rings is 1. The lowest BCUT2D eigenvalue weighted by molar-refractivity contribution is -0.885. The van der Waals surface area contributed by atoms with Gasteiger partial charge in [-0.2, -0.15) is 0 Å². The molecule has 0 atom stereocenters. The predicted octanol–water partition coefficient (Wildman–Crippen LogP) is 2.47. The Kier molecular flexibility index (Phi) is 3.26. The van der Waals surface area contributed by atoms with E-state index in [2.05, 4.69) is 15.9 Å². The van der Waals surface area contributed by atoms with E-state index < -0.39 is 10.0 Å². The molecule has 1 N–H and O–H groups in total. The minimum Gasteiger partial charge on any atom is -0.284 e. The maximum Gasteiger partial charge on any atom is 0.283 e. The van der Waals surface area contributed by atoms with Gasteiger partial charge in [-0.1, -0.05) is 17.7 Å². The van der Waals surface area contributed by atoms with Gasteiger partial charge in [0.1, 0.15) is 5.52 Å². The van der Waals surface area contributed by atoms with Gasteiger partial charge < -0.3 is 0 Å². The summed E-state index contributed by atoms with van der Waals surface area (Å²) >= 11 is 3.25. The highest BCUT2D eigenvalue weighted by Crippen LogP contribution is 2.22. The Morgan fingerprint density at radius 1 is 1.19 bits per heavy atom. The summed E-state index contributed by atoms with van der Waals surface area (Å²) in [4.78, 5) is 0.204. The van der Waals surface area contributed by atoms with Crippen LogP contribution in [0.4, 0.5) is 0 Å². The molecule has 0 unspecified atom stereocenters. The molecule has 0 aliphatic rings. The highest BCUT2D eigenvalue weighted by atomic mass is 79.9. The van der Waals surface area contributed by atoms with Crippen molar-refractivity contribution in [1.82, 2.24) is 3.97 Å². The molecule has 0 amide bonds. The molecule has 0 fully saturated rings. The van der Waals surface area contributed by atoms with Crippen LogP contribution < -0.4 is 4.73 Å². The highest BCUT2D eigenvalue weighted by Gasteiger charge is 2.23. The summed E-state index contributed by atoms with van der Waals surface area (Å²) in [7, 11) is -3.70. The molecule has 2 heterocycles. The lowest BCUT2D eigenvalue weighted by Crippen LogP contribution is -2.30. The van der Waals surface area contributed by atoms with E-state index >= 15 is 0 Å². The molecule has 1 aromatic carbocycles. The second-order valence-corrected chi connectivity index (χ2v) is 7.43. The van der Waals surface area contributed by atoms with Gasteiger partial charge in [0.2, 0.25) is 6.20 Å². The number of halogens is 1. The van der Waals surface area contributed by atoms with Crippen LogP contribution in [0.25, 0.3) is 11.0 Å². The van der Waals surface area contributed by atoms with Gasteiger partial charge in [0, 0.05) is 17.0 Å². The van der Waals surface area contributed by atoms with E-state index in [1.807, 2.05) is 6.92 Å². The van der Waals surface area contributed by atoms with Gasteiger partial charge in [-0.3, -0.25) is 5.21 Å². The monoisotopic (exact) mass is 367 g/mol. The molecule has 0 radical (unpaired) electrons. The van der Waals surface area contributed by atoms with E-state index in [4.69, 9.17) is 0 Å². The Hall–Kier alpha value is -1.86. The summed E-state index contributed by atoms with van der Waals surface area (Å²) in [6.45, 7) is 1.90. The summed E-state index contributed by atoms with van der Waals surface area (Å²) in [6.07, 6.45) is 2.88. The lowest BCUT2D eigenvalue weighted by atomic mass is 10.2. The summed E-state index contributed by atoms with van der Waals surface area (Å²) in [5.74, 6) is 0. The van der Waals surface area contributed by atoms with Crippen LogP contribution >= 0.6 is 15.9 Å². The minimum absolute atomic E-state index is 0.204. The number of rotatable bonds is 2. The number of hydrogen-bond acceptors (Lipinski definition) is 3. The summed E-state index contributed by atoms with van der Waals surface area (Å²) in [5.41, 5.74) is 1.79. The molecule has 0 aliphatic heterocycles. The van der Waals surface area contributed by atoms with Gasteiger partial charge in [-0.05, 0) is 41.1 Å². The molecule has 0 bridgehead atoms. The Balaban J connectivity index is 2.27. The van der Waals surface area contributed by atoms with E-state index in [0.29, 0.717) is 15.5 Å². The summed E-state index contributed by atoms with van der Waals surface area (Å²) in [5, 5.41) is 9.82. The maximum absolute atomic E-state index is 12.7. The first kappa shape index (κ1) is 14.1. The van der Waals surface area contributed by atoms with Crippen LogP contribution in [0.5, 0.6) is 0 Å². The Morgan fingerprint density at radius 2 is 1.86 bits per heavy atom. The molecule has 5 nitrogen and oxygen atoms in total. The van der Waals surface area contributed by atoms with Crippen LogP contribution in [0.15, 0.2) is 58.2 Å². The lowest BCUT2D eigenvalue weighted by Gasteiger charge is -2.07. The molecule has 0 aliphatic carbocycles. The fourth-order valence-electron chi connectivity index (χ4n) is 2.14. The first-order chi connectivity index (χ1) is 9.89. The standard InChI is InChI=1S/C14H12BrN2O3S/c1-10-2-4-12(5-3-10)21(19,20)17-7-6-13-14(17)8-11(15)9-16(13)18/h2-9,18H,1H3/q+1. The van der Waals surface area contributed by atoms with Crippen molar-refractivity contribution >= 4 is 37.0 Å². The fourth-order valence-corrected chi connectivity index (χ4v) is 3.88. The normalized spacial score (nSPS) is 11.9. The van der Waals surface area contributed by atoms with E-state index in [-0.39, 0.29) is 4.90 Å². The number of aromatic nitrogens is 2. The number of pyridine rings is 1. The number of nitrogens with zero attached hydrogens (tertiary/aromatic N) is 2. The zero-order valence-electron chi connectivity index (χ0n) is 11.1. The second-order valence-electron chi connectivity index (χ2n) is 4.70. The van der Waals surface area contributed by atoms with Crippen LogP contribution in [-0.2, 0) is 10.0 Å². The molecular weight excluding hydrogens is 356 g/mol. The van der Waals surface area contributed by atoms with Crippen LogP contribution in [0.1, 0.15) is 5.56 Å². The largest absolute Gasteiger partial charge is 0.284 e.